The zero-order chi connectivity index (χ0) is 53.5. The lowest BCUT2D eigenvalue weighted by Crippen LogP contribution is -2.36. The number of amides is 6. The van der Waals surface area contributed by atoms with Crippen LogP contribution in [0.25, 0.3) is 0 Å². The second-order valence-electron chi connectivity index (χ2n) is 14.8. The summed E-state index contributed by atoms with van der Waals surface area (Å²) in [6.07, 6.45) is -1.54. The van der Waals surface area contributed by atoms with Gasteiger partial charge in [0.05, 0.1) is 0 Å². The quantitative estimate of drug-likeness (QED) is 0.0101. The Morgan fingerprint density at radius 2 is 0.671 bits per heavy atom. The Hall–Kier alpha value is -9.06. The Labute approximate surface area is 420 Å². The van der Waals surface area contributed by atoms with Gasteiger partial charge in [0.25, 0.3) is 0 Å². The minimum Gasteiger partial charge on any atom is -0.491 e. The van der Waals surface area contributed by atoms with Crippen LogP contribution in [0.4, 0.5) is 62.9 Å². The summed E-state index contributed by atoms with van der Waals surface area (Å²) in [5.74, 6) is -0.999. The van der Waals surface area contributed by atoms with Crippen molar-refractivity contribution in [3.05, 3.63) is 122 Å². The molecule has 0 atom stereocenters. The number of carbonyl (C=O) groups is 8. The first-order chi connectivity index (χ1) is 35.0. The van der Waals surface area contributed by atoms with E-state index in [1.54, 1.807) is 62.1 Å². The van der Waals surface area contributed by atoms with Crippen LogP contribution in [0.15, 0.2) is 105 Å². The SMILES string of the molecule is C=CC(=C)OCCOC(=O)Nc1cc(NC(=O)OCCN(CCOC(=O)Nc2ccc(C)c(NC(=O)OCCOC(=O)C=C)c2)CCOC(=O)Nc2ccc(C)c(NC(=O)OCCOC(=O)C=C)c2)ccc1C. The summed E-state index contributed by atoms with van der Waals surface area (Å²) in [4.78, 5) is 99.6. The van der Waals surface area contributed by atoms with E-state index in [1.807, 2.05) is 0 Å². The second kappa shape index (κ2) is 31.9. The van der Waals surface area contributed by atoms with Gasteiger partial charge in [-0.1, -0.05) is 44.5 Å². The van der Waals surface area contributed by atoms with Crippen molar-refractivity contribution in [3.63, 3.8) is 0 Å². The maximum atomic E-state index is 12.9. The molecule has 6 N–H and O–H groups in total. The molecular formula is C49H59N7O17. The van der Waals surface area contributed by atoms with E-state index in [0.29, 0.717) is 45.2 Å². The molecule has 0 aliphatic carbocycles. The average Bonchev–Trinajstić information content (AvgIpc) is 3.35. The van der Waals surface area contributed by atoms with Crippen molar-refractivity contribution in [2.45, 2.75) is 20.8 Å². The van der Waals surface area contributed by atoms with Crippen LogP contribution in [-0.2, 0) is 52.2 Å². The van der Waals surface area contributed by atoms with E-state index >= 15 is 0 Å². The molecule has 0 spiro atoms. The van der Waals surface area contributed by atoms with E-state index in [1.165, 1.54) is 24.3 Å². The van der Waals surface area contributed by atoms with Crippen molar-refractivity contribution in [1.29, 1.82) is 0 Å². The fourth-order valence-electron chi connectivity index (χ4n) is 5.58. The molecule has 0 heterocycles. The topological polar surface area (TPSA) is 295 Å². The minimum atomic E-state index is -0.842. The number of aryl methyl sites for hydroxylation is 3. The lowest BCUT2D eigenvalue weighted by Gasteiger charge is -2.22. The summed E-state index contributed by atoms with van der Waals surface area (Å²) >= 11 is 0. The largest absolute Gasteiger partial charge is 0.491 e. The molecule has 73 heavy (non-hydrogen) atoms. The number of nitrogens with one attached hydrogen (secondary N) is 6. The van der Waals surface area contributed by atoms with Gasteiger partial charge in [0.15, 0.2) is 0 Å². The fraction of sp³-hybridized carbons (Fsp3) is 0.306. The van der Waals surface area contributed by atoms with E-state index in [0.717, 1.165) is 12.2 Å². The average molecular weight is 1020 g/mol. The number of anilines is 6. The van der Waals surface area contributed by atoms with Gasteiger partial charge in [-0.05, 0) is 79.9 Å². The van der Waals surface area contributed by atoms with Crippen LogP contribution in [0, 0.1) is 20.8 Å². The smallest absolute Gasteiger partial charge is 0.411 e. The van der Waals surface area contributed by atoms with Crippen molar-refractivity contribution < 1.29 is 81.0 Å². The zero-order valence-electron chi connectivity index (χ0n) is 40.6. The molecule has 6 amide bonds. The number of benzene rings is 3. The van der Waals surface area contributed by atoms with E-state index in [2.05, 4.69) is 58.2 Å². The summed E-state index contributed by atoms with van der Waals surface area (Å²) in [5.41, 5.74) is 3.81. The third kappa shape index (κ3) is 23.9. The molecule has 0 radical (unpaired) electrons. The Bertz CT molecular complexity index is 2200. The molecule has 0 aliphatic rings. The highest BCUT2D eigenvalue weighted by Gasteiger charge is 2.16. The number of hydrogen-bond acceptors (Lipinski definition) is 18. The van der Waals surface area contributed by atoms with Gasteiger partial charge in [-0.2, -0.15) is 0 Å². The normalized spacial score (nSPS) is 10.2. The molecule has 0 aromatic heterocycles. The molecule has 3 rings (SSSR count). The van der Waals surface area contributed by atoms with Gasteiger partial charge in [0.2, 0.25) is 0 Å². The van der Waals surface area contributed by atoms with Gasteiger partial charge in [-0.15, -0.1) is 0 Å². The number of hydrogen-bond donors (Lipinski definition) is 6. The summed E-state index contributed by atoms with van der Waals surface area (Å²) in [6.45, 7) is 17.8. The molecule has 0 saturated heterocycles. The Morgan fingerprint density at radius 3 is 0.973 bits per heavy atom. The van der Waals surface area contributed by atoms with Gasteiger partial charge >= 0.3 is 48.5 Å². The Kier molecular flexibility index (Phi) is 25.5. The molecule has 0 unspecified atom stereocenters. The molecule has 0 saturated carbocycles. The van der Waals surface area contributed by atoms with Gasteiger partial charge in [-0.25, -0.2) is 38.4 Å². The molecule has 3 aromatic carbocycles. The van der Waals surface area contributed by atoms with Crippen molar-refractivity contribution in [3.8, 4) is 0 Å². The molecule has 24 heteroatoms. The van der Waals surface area contributed by atoms with Gasteiger partial charge < -0.3 is 42.6 Å². The molecular weight excluding hydrogens is 959 g/mol. The fourth-order valence-corrected chi connectivity index (χ4v) is 5.58. The highest BCUT2D eigenvalue weighted by molar-refractivity contribution is 5.92. The molecule has 392 valence electrons. The number of nitrogens with zero attached hydrogens (tertiary/aromatic N) is 1. The Morgan fingerprint density at radius 1 is 0.397 bits per heavy atom. The molecule has 0 fully saturated rings. The standard InChI is InChI=1S/C49H59N7O17/c1-8-35(7)65-23-26-71-47(62)53-39-29-36(14-11-32(39)4)50-44(59)68-20-17-56(18-21-69-45(60)51-37-15-12-33(5)40(30-37)54-48(63)72-27-24-66-42(57)9-2)19-22-70-46(61)52-38-16-13-34(6)41(31-38)55-49(64)73-28-25-67-43(58)10-3/h8-16,29-31H,1-3,7,17-28H2,4-6H3,(H,50,59)(H,51,60)(H,52,61)(H,53,62)(H,54,63)(H,55,64). The van der Waals surface area contributed by atoms with E-state index in [4.69, 9.17) is 42.6 Å². The van der Waals surface area contributed by atoms with Gasteiger partial charge in [0.1, 0.15) is 65.2 Å². The summed E-state index contributed by atoms with van der Waals surface area (Å²) in [6, 6.07) is 14.2. The van der Waals surface area contributed by atoms with Gasteiger partial charge in [0, 0.05) is 65.9 Å². The van der Waals surface area contributed by atoms with Crippen LogP contribution in [0.5, 0.6) is 0 Å². The van der Waals surface area contributed by atoms with Crippen LogP contribution in [0.2, 0.25) is 0 Å². The zero-order valence-corrected chi connectivity index (χ0v) is 40.6. The second-order valence-corrected chi connectivity index (χ2v) is 14.8. The highest BCUT2D eigenvalue weighted by Crippen LogP contribution is 2.23. The van der Waals surface area contributed by atoms with Crippen LogP contribution in [-0.4, -0.2) is 132 Å². The highest BCUT2D eigenvalue weighted by atomic mass is 16.6. The molecule has 0 aliphatic heterocycles. The number of rotatable bonds is 28. The minimum absolute atomic E-state index is 0.0543. The van der Waals surface area contributed by atoms with Crippen LogP contribution in [0.3, 0.4) is 0 Å². The first-order valence-corrected chi connectivity index (χ1v) is 22.2. The van der Waals surface area contributed by atoms with Crippen LogP contribution >= 0.6 is 0 Å². The lowest BCUT2D eigenvalue weighted by molar-refractivity contribution is -0.139. The van der Waals surface area contributed by atoms with E-state index < -0.39 is 48.5 Å². The third-order valence-corrected chi connectivity index (χ3v) is 9.37. The van der Waals surface area contributed by atoms with E-state index in [-0.39, 0.29) is 90.5 Å². The van der Waals surface area contributed by atoms with Crippen LogP contribution < -0.4 is 31.9 Å². The summed E-state index contributed by atoms with van der Waals surface area (Å²) in [5, 5.41) is 15.5. The van der Waals surface area contributed by atoms with Crippen molar-refractivity contribution >= 4 is 82.6 Å². The number of esters is 2. The number of ether oxygens (including phenoxy) is 9. The van der Waals surface area contributed by atoms with Crippen molar-refractivity contribution in [1.82, 2.24) is 4.90 Å². The monoisotopic (exact) mass is 1020 g/mol. The predicted molar refractivity (Wildman–Crippen MR) is 267 cm³/mol. The lowest BCUT2D eigenvalue weighted by atomic mass is 10.2. The number of carbonyl (C=O) groups excluding carboxylic acids is 8. The molecule has 0 bridgehead atoms. The third-order valence-electron chi connectivity index (χ3n) is 9.37. The molecule has 3 aromatic rings. The predicted octanol–water partition coefficient (Wildman–Crippen LogP) is 7.78. The first-order valence-electron chi connectivity index (χ1n) is 22.2. The summed E-state index contributed by atoms with van der Waals surface area (Å²) in [7, 11) is 0. The number of allylic oxidation sites excluding steroid dienone is 1. The first kappa shape index (κ1) is 58.3. The van der Waals surface area contributed by atoms with Crippen molar-refractivity contribution in [2.75, 3.05) is 111 Å². The van der Waals surface area contributed by atoms with Crippen molar-refractivity contribution in [2.24, 2.45) is 0 Å². The Balaban J connectivity index is 1.58. The summed E-state index contributed by atoms with van der Waals surface area (Å²) < 4.78 is 46.1. The molecule has 24 nitrogen and oxygen atoms in total. The van der Waals surface area contributed by atoms with Gasteiger partial charge in [-0.3, -0.25) is 36.8 Å². The maximum Gasteiger partial charge on any atom is 0.411 e. The maximum absolute atomic E-state index is 12.9. The van der Waals surface area contributed by atoms with E-state index in [9.17, 15) is 38.4 Å². The van der Waals surface area contributed by atoms with Crippen LogP contribution in [0.1, 0.15) is 16.7 Å².